The minimum atomic E-state index is 0.761. The maximum Gasteiger partial charge on any atom is 0.136 e. The van der Waals surface area contributed by atoms with E-state index in [0.717, 1.165) is 89.0 Å². The Bertz CT molecular complexity index is 2580. The van der Waals surface area contributed by atoms with Crippen LogP contribution in [0.25, 0.3) is 89.0 Å². The lowest BCUT2D eigenvalue weighted by atomic mass is 9.81. The Labute approximate surface area is 284 Å². The zero-order chi connectivity index (χ0) is 32.6. The van der Waals surface area contributed by atoms with Crippen LogP contribution in [0, 0.1) is 0 Å². The highest BCUT2D eigenvalue weighted by atomic mass is 16.3. The number of para-hydroxylation sites is 1. The number of hydrogen-bond donors (Lipinski definition) is 0. The summed E-state index contributed by atoms with van der Waals surface area (Å²) in [5.41, 5.74) is 13.6. The summed E-state index contributed by atoms with van der Waals surface area (Å²) in [6.45, 7) is 0. The number of furan rings is 1. The summed E-state index contributed by atoms with van der Waals surface area (Å²) in [6.07, 6.45) is 0. The molecule has 0 unspecified atom stereocenters. The summed E-state index contributed by atoms with van der Waals surface area (Å²) in [5.74, 6) is 0. The number of hydrogen-bond acceptors (Lipinski definition) is 4. The first-order chi connectivity index (χ1) is 24.3. The highest BCUT2D eigenvalue weighted by molar-refractivity contribution is 6.17. The fraction of sp³-hybridized carbons (Fsp3) is 0. The highest BCUT2D eigenvalue weighted by Gasteiger charge is 2.27. The van der Waals surface area contributed by atoms with Gasteiger partial charge in [0.1, 0.15) is 22.6 Å². The van der Waals surface area contributed by atoms with Crippen LogP contribution in [0.4, 0.5) is 0 Å². The van der Waals surface area contributed by atoms with E-state index in [1.807, 2.05) is 36.4 Å². The molecule has 2 heterocycles. The van der Waals surface area contributed by atoms with E-state index in [1.54, 1.807) is 0 Å². The molecule has 9 aromatic rings. The van der Waals surface area contributed by atoms with Crippen molar-refractivity contribution in [1.82, 2.24) is 15.4 Å². The average molecular weight is 628 g/mol. The Kier molecular flexibility index (Phi) is 7.10. The van der Waals surface area contributed by atoms with Gasteiger partial charge in [0.25, 0.3) is 0 Å². The highest BCUT2D eigenvalue weighted by Crippen LogP contribution is 2.50. The molecule has 0 saturated carbocycles. The van der Waals surface area contributed by atoms with Crippen molar-refractivity contribution in [3.63, 3.8) is 0 Å². The van der Waals surface area contributed by atoms with Crippen molar-refractivity contribution in [2.24, 2.45) is 0 Å². The van der Waals surface area contributed by atoms with E-state index in [1.165, 1.54) is 0 Å². The van der Waals surface area contributed by atoms with Crippen LogP contribution in [0.15, 0.2) is 180 Å². The molecule has 0 radical (unpaired) electrons. The predicted octanol–water partition coefficient (Wildman–Crippen LogP) is 11.8. The van der Waals surface area contributed by atoms with Crippen molar-refractivity contribution >= 4 is 21.9 Å². The van der Waals surface area contributed by atoms with Gasteiger partial charge in [-0.2, -0.15) is 0 Å². The normalized spacial score (nSPS) is 11.3. The van der Waals surface area contributed by atoms with Gasteiger partial charge in [-0.25, -0.2) is 0 Å². The predicted molar refractivity (Wildman–Crippen MR) is 200 cm³/mol. The minimum absolute atomic E-state index is 0.761. The molecule has 7 aromatic carbocycles. The molecule has 0 spiro atoms. The summed E-state index contributed by atoms with van der Waals surface area (Å²) < 4.78 is 6.45. The van der Waals surface area contributed by atoms with Gasteiger partial charge in [0, 0.05) is 33.0 Å². The molecule has 49 heavy (non-hydrogen) atoms. The molecule has 0 atom stereocenters. The van der Waals surface area contributed by atoms with Gasteiger partial charge in [-0.3, -0.25) is 0 Å². The molecule has 0 N–H and O–H groups in total. The largest absolute Gasteiger partial charge is 0.456 e. The van der Waals surface area contributed by atoms with Gasteiger partial charge >= 0.3 is 0 Å². The van der Waals surface area contributed by atoms with Gasteiger partial charge in [0.05, 0.1) is 0 Å². The second-order valence-corrected chi connectivity index (χ2v) is 12.0. The first kappa shape index (κ1) is 28.6. The Balaban J connectivity index is 1.50. The van der Waals surface area contributed by atoms with E-state index in [-0.39, 0.29) is 0 Å². The van der Waals surface area contributed by atoms with E-state index in [0.29, 0.717) is 0 Å². The summed E-state index contributed by atoms with van der Waals surface area (Å²) in [5, 5.41) is 16.3. The number of aromatic nitrogens is 3. The molecule has 0 aliphatic heterocycles. The summed E-state index contributed by atoms with van der Waals surface area (Å²) in [7, 11) is 0. The molecular formula is C45H29N3O. The zero-order valence-corrected chi connectivity index (χ0v) is 26.5. The average Bonchev–Trinajstić information content (AvgIpc) is 3.58. The number of rotatable bonds is 6. The van der Waals surface area contributed by atoms with E-state index in [4.69, 9.17) is 14.6 Å². The van der Waals surface area contributed by atoms with Crippen LogP contribution < -0.4 is 0 Å². The molecule has 0 bridgehead atoms. The van der Waals surface area contributed by atoms with Gasteiger partial charge in [-0.05, 0) is 50.7 Å². The molecule has 4 nitrogen and oxygen atoms in total. The lowest BCUT2D eigenvalue weighted by Gasteiger charge is -2.22. The molecule has 0 aliphatic carbocycles. The third kappa shape index (κ3) is 4.98. The van der Waals surface area contributed by atoms with Gasteiger partial charge < -0.3 is 4.42 Å². The molecule has 230 valence electrons. The topological polar surface area (TPSA) is 51.8 Å². The number of benzene rings is 7. The Morgan fingerprint density at radius 1 is 0.327 bits per heavy atom. The third-order valence-corrected chi connectivity index (χ3v) is 9.16. The van der Waals surface area contributed by atoms with Crippen LogP contribution in [0.5, 0.6) is 0 Å². The minimum Gasteiger partial charge on any atom is -0.456 e. The van der Waals surface area contributed by atoms with Crippen molar-refractivity contribution < 1.29 is 4.42 Å². The van der Waals surface area contributed by atoms with Crippen LogP contribution in [0.2, 0.25) is 0 Å². The molecule has 0 amide bonds. The van der Waals surface area contributed by atoms with Crippen molar-refractivity contribution in [2.75, 3.05) is 0 Å². The standard InChI is InChI=1S/C45H29N3O/c1-5-16-30(17-6-1)34-28-29-35(31-18-7-2-8-19-31)43(42(34)37-25-15-27-39-41(37)36-24-13-14-26-38(36)49-39)45-40(32-20-9-3-10-21-32)44(46-48-47-45)33-22-11-4-12-23-33/h1-29H. The molecule has 4 heteroatoms. The zero-order valence-electron chi connectivity index (χ0n) is 26.5. The molecule has 0 saturated heterocycles. The number of fused-ring (bicyclic) bond motifs is 3. The van der Waals surface area contributed by atoms with Crippen molar-refractivity contribution in [3.8, 4) is 67.0 Å². The van der Waals surface area contributed by atoms with Crippen molar-refractivity contribution in [2.45, 2.75) is 0 Å². The second kappa shape index (κ2) is 12.2. The van der Waals surface area contributed by atoms with Crippen LogP contribution in [-0.4, -0.2) is 15.4 Å². The van der Waals surface area contributed by atoms with E-state index >= 15 is 0 Å². The van der Waals surface area contributed by atoms with Gasteiger partial charge in [-0.1, -0.05) is 164 Å². The molecular weight excluding hydrogens is 599 g/mol. The van der Waals surface area contributed by atoms with E-state index in [2.05, 4.69) is 145 Å². The summed E-state index contributed by atoms with van der Waals surface area (Å²) in [6, 6.07) is 60.9. The fourth-order valence-electron chi connectivity index (χ4n) is 7.00. The Hall–Kier alpha value is -6.65. The first-order valence-corrected chi connectivity index (χ1v) is 16.4. The van der Waals surface area contributed by atoms with Crippen molar-refractivity contribution in [3.05, 3.63) is 176 Å². The van der Waals surface area contributed by atoms with Crippen molar-refractivity contribution in [1.29, 1.82) is 0 Å². The van der Waals surface area contributed by atoms with Gasteiger partial charge in [-0.15, -0.1) is 10.2 Å². The molecule has 9 rings (SSSR count). The van der Waals surface area contributed by atoms with Crippen LogP contribution in [-0.2, 0) is 0 Å². The number of nitrogens with zero attached hydrogens (tertiary/aromatic N) is 3. The maximum atomic E-state index is 6.45. The lowest BCUT2D eigenvalue weighted by Crippen LogP contribution is -2.03. The first-order valence-electron chi connectivity index (χ1n) is 16.4. The van der Waals surface area contributed by atoms with Crippen LogP contribution >= 0.6 is 0 Å². The summed E-state index contributed by atoms with van der Waals surface area (Å²) >= 11 is 0. The maximum absolute atomic E-state index is 6.45. The SMILES string of the molecule is c1ccc(-c2ccc(-c3ccccc3)c(-c3cccc4oc5ccccc5c34)c2-c2nnnc(-c3ccccc3)c2-c2ccccc2)cc1. The van der Waals surface area contributed by atoms with E-state index in [9.17, 15) is 0 Å². The summed E-state index contributed by atoms with van der Waals surface area (Å²) in [4.78, 5) is 0. The van der Waals surface area contributed by atoms with Crippen LogP contribution in [0.3, 0.4) is 0 Å². The lowest BCUT2D eigenvalue weighted by molar-refractivity contribution is 0.669. The Morgan fingerprint density at radius 3 is 1.49 bits per heavy atom. The monoisotopic (exact) mass is 627 g/mol. The smallest absolute Gasteiger partial charge is 0.136 e. The molecule has 0 aliphatic rings. The van der Waals surface area contributed by atoms with E-state index < -0.39 is 0 Å². The fourth-order valence-corrected chi connectivity index (χ4v) is 7.00. The quantitative estimate of drug-likeness (QED) is 0.184. The third-order valence-electron chi connectivity index (χ3n) is 9.16. The second-order valence-electron chi connectivity index (χ2n) is 12.0. The van der Waals surface area contributed by atoms with Gasteiger partial charge in [0.15, 0.2) is 0 Å². The molecule has 0 fully saturated rings. The molecule has 2 aromatic heterocycles. The van der Waals surface area contributed by atoms with Crippen LogP contribution in [0.1, 0.15) is 0 Å². The Morgan fingerprint density at radius 2 is 0.837 bits per heavy atom. The van der Waals surface area contributed by atoms with Gasteiger partial charge in [0.2, 0.25) is 0 Å².